The van der Waals surface area contributed by atoms with Crippen molar-refractivity contribution in [3.8, 4) is 0 Å². The molecule has 0 saturated heterocycles. The number of aromatic nitrogens is 1. The summed E-state index contributed by atoms with van der Waals surface area (Å²) in [5.74, 6) is 0.0906. The lowest BCUT2D eigenvalue weighted by Crippen LogP contribution is -1.95. The number of carbonyl (C=O) groups excluding carboxylic acids is 1. The van der Waals surface area contributed by atoms with Crippen LogP contribution in [0.2, 0.25) is 0 Å². The van der Waals surface area contributed by atoms with Crippen molar-refractivity contribution in [1.29, 1.82) is 0 Å². The zero-order valence-electron chi connectivity index (χ0n) is 9.55. The summed E-state index contributed by atoms with van der Waals surface area (Å²) in [6, 6.07) is 1.85. The first kappa shape index (κ1) is 8.54. The summed E-state index contributed by atoms with van der Waals surface area (Å²) < 4.78 is 9.55. The molecule has 0 aliphatic rings. The Balaban J connectivity index is 3.04. The van der Waals surface area contributed by atoms with Crippen LogP contribution in [-0.4, -0.2) is 10.4 Å². The van der Waals surface area contributed by atoms with Crippen LogP contribution in [0.5, 0.6) is 0 Å². The van der Waals surface area contributed by atoms with E-state index in [-0.39, 0.29) is 5.78 Å². The van der Waals surface area contributed by atoms with E-state index in [0.717, 1.165) is 18.5 Å². The highest BCUT2D eigenvalue weighted by molar-refractivity contribution is 5.96. The van der Waals surface area contributed by atoms with Crippen LogP contribution in [0, 0.1) is 0 Å². The molecule has 1 aromatic heterocycles. The van der Waals surface area contributed by atoms with Crippen molar-refractivity contribution in [1.82, 2.24) is 4.57 Å². The molecule has 13 heavy (non-hydrogen) atoms. The quantitative estimate of drug-likeness (QED) is 0.654. The summed E-state index contributed by atoms with van der Waals surface area (Å²) in [5, 5.41) is 0. The fraction of sp³-hybridized carbons (Fsp3) is 0.545. The summed E-state index contributed by atoms with van der Waals surface area (Å²) in [6.45, 7) is 4.01. The van der Waals surface area contributed by atoms with Crippen molar-refractivity contribution < 1.29 is 6.17 Å². The highest BCUT2D eigenvalue weighted by atomic mass is 16.1. The van der Waals surface area contributed by atoms with Crippen LogP contribution in [0.15, 0.2) is 12.2 Å². The Hall–Kier alpha value is -1.05. The van der Waals surface area contributed by atoms with Crippen molar-refractivity contribution in [2.45, 2.75) is 33.1 Å². The Kier molecular flexibility index (Phi) is 2.80. The Morgan fingerprint density at radius 1 is 1.62 bits per heavy atom. The Morgan fingerprint density at radius 2 is 2.31 bits per heavy atom. The number of nitrogens with zero attached hydrogens (tertiary/aromatic N) is 1. The molecule has 0 aliphatic heterocycles. The van der Waals surface area contributed by atoms with Crippen molar-refractivity contribution in [3.05, 3.63) is 23.5 Å². The number of hydrogen-bond donors (Lipinski definition) is 0. The number of carbonyl (C=O) groups is 1. The Bertz CT molecular complexity index is 341. The highest BCUT2D eigenvalue weighted by Crippen LogP contribution is 2.10. The van der Waals surface area contributed by atoms with E-state index in [1.807, 2.05) is 27.0 Å². The summed E-state index contributed by atoms with van der Waals surface area (Å²) in [4.78, 5) is 11.6. The fourth-order valence-electron chi connectivity index (χ4n) is 1.39. The minimum atomic E-state index is 0.0906. The maximum atomic E-state index is 11.6. The molecule has 0 N–H and O–H groups in total. The molecule has 0 radical (unpaired) electrons. The van der Waals surface area contributed by atoms with Gasteiger partial charge in [0.1, 0.15) is 0 Å². The molecular formula is C11H17NO. The lowest BCUT2D eigenvalue weighted by atomic mass is 10.1. The van der Waals surface area contributed by atoms with Gasteiger partial charge in [-0.1, -0.05) is 13.8 Å². The average molecular weight is 181 g/mol. The number of rotatable bonds is 4. The highest BCUT2D eigenvalue weighted by Gasteiger charge is 2.08. The largest absolute Gasteiger partial charge is 0.354 e. The summed E-state index contributed by atoms with van der Waals surface area (Å²) in [5.41, 5.74) is 1.63. The predicted molar refractivity (Wildman–Crippen MR) is 54.0 cm³/mol. The molecule has 0 spiro atoms. The van der Waals surface area contributed by atoms with Gasteiger partial charge in [-0.05, 0) is 18.9 Å². The van der Waals surface area contributed by atoms with Gasteiger partial charge in [-0.3, -0.25) is 4.79 Å². The third kappa shape index (κ3) is 2.20. The van der Waals surface area contributed by atoms with E-state index in [4.69, 9.17) is 1.37 Å². The third-order valence-electron chi connectivity index (χ3n) is 2.17. The SMILES string of the molecule is [3H]c1c(C(=O)CCC)cc(CC)n1C. The van der Waals surface area contributed by atoms with Crippen molar-refractivity contribution >= 4 is 5.78 Å². The predicted octanol–water partition coefficient (Wildman–Crippen LogP) is 2.57. The van der Waals surface area contributed by atoms with E-state index >= 15 is 0 Å². The normalized spacial score (nSPS) is 11.5. The molecule has 0 aliphatic carbocycles. The standard InChI is InChI=1S/C11H17NO/c1-4-6-11(13)9-7-10(5-2)12(3)8-9/h7-8H,4-6H2,1-3H3/i8T. The lowest BCUT2D eigenvalue weighted by Gasteiger charge is -1.95. The second kappa shape index (κ2) is 4.26. The minimum absolute atomic E-state index is 0.0906. The van der Waals surface area contributed by atoms with Crippen LogP contribution < -0.4 is 0 Å². The van der Waals surface area contributed by atoms with Crippen LogP contribution >= 0.6 is 0 Å². The van der Waals surface area contributed by atoms with Crippen LogP contribution in [0.1, 0.15) is 44.1 Å². The molecule has 0 fully saturated rings. The first-order valence-electron chi connectivity index (χ1n) is 5.30. The molecule has 2 nitrogen and oxygen atoms in total. The molecule has 0 amide bonds. The number of Topliss-reactive ketones (excluding diaryl/α,β-unsaturated/α-hetero) is 1. The molecule has 0 unspecified atom stereocenters. The van der Waals surface area contributed by atoms with Crippen molar-refractivity contribution in [2.24, 2.45) is 7.05 Å². The molecule has 0 atom stereocenters. The van der Waals surface area contributed by atoms with Gasteiger partial charge in [-0.2, -0.15) is 0 Å². The van der Waals surface area contributed by atoms with E-state index in [1.54, 1.807) is 4.57 Å². The topological polar surface area (TPSA) is 22.0 Å². The van der Waals surface area contributed by atoms with Crippen LogP contribution in [0.3, 0.4) is 0 Å². The van der Waals surface area contributed by atoms with Crippen LogP contribution in [-0.2, 0) is 13.5 Å². The third-order valence-corrected chi connectivity index (χ3v) is 2.17. The zero-order chi connectivity index (χ0) is 10.7. The molecular weight excluding hydrogens is 162 g/mol. The molecule has 0 saturated carbocycles. The van der Waals surface area contributed by atoms with Gasteiger partial charge >= 0.3 is 0 Å². The maximum Gasteiger partial charge on any atom is 0.164 e. The maximum absolute atomic E-state index is 11.6. The van der Waals surface area contributed by atoms with Gasteiger partial charge in [-0.15, -0.1) is 0 Å². The number of ketones is 1. The van der Waals surface area contributed by atoms with Crippen LogP contribution in [0.4, 0.5) is 0 Å². The minimum Gasteiger partial charge on any atom is -0.354 e. The van der Waals surface area contributed by atoms with Gasteiger partial charge < -0.3 is 4.57 Å². The number of aryl methyl sites for hydroxylation is 1. The molecule has 1 aromatic rings. The van der Waals surface area contributed by atoms with Gasteiger partial charge in [0, 0.05) is 30.9 Å². The van der Waals surface area contributed by atoms with E-state index in [9.17, 15) is 4.79 Å². The first-order valence-corrected chi connectivity index (χ1v) is 4.80. The average Bonchev–Trinajstić information content (AvgIpc) is 2.44. The van der Waals surface area contributed by atoms with Gasteiger partial charge in [0.15, 0.2) is 5.78 Å². The molecule has 0 aromatic carbocycles. The molecule has 72 valence electrons. The van der Waals surface area contributed by atoms with Gasteiger partial charge in [0.25, 0.3) is 0 Å². The first-order chi connectivity index (χ1) is 6.61. The lowest BCUT2D eigenvalue weighted by molar-refractivity contribution is 0.0981. The van der Waals surface area contributed by atoms with Crippen molar-refractivity contribution in [3.63, 3.8) is 0 Å². The number of hydrogen-bond acceptors (Lipinski definition) is 1. The van der Waals surface area contributed by atoms with E-state index in [1.165, 1.54) is 0 Å². The van der Waals surface area contributed by atoms with Gasteiger partial charge in [0.05, 0.1) is 1.37 Å². The Morgan fingerprint density at radius 3 is 2.77 bits per heavy atom. The molecule has 1 heterocycles. The fourth-order valence-corrected chi connectivity index (χ4v) is 1.39. The van der Waals surface area contributed by atoms with E-state index in [2.05, 4.69) is 0 Å². The molecule has 1 rings (SSSR count). The monoisotopic (exact) mass is 181 g/mol. The van der Waals surface area contributed by atoms with E-state index in [0.29, 0.717) is 18.2 Å². The zero-order valence-corrected chi connectivity index (χ0v) is 8.55. The summed E-state index contributed by atoms with van der Waals surface area (Å²) in [7, 11) is 1.84. The molecule has 2 heteroatoms. The second-order valence-electron chi connectivity index (χ2n) is 3.25. The summed E-state index contributed by atoms with van der Waals surface area (Å²) in [6.07, 6.45) is 2.59. The smallest absolute Gasteiger partial charge is 0.164 e. The van der Waals surface area contributed by atoms with Crippen molar-refractivity contribution in [2.75, 3.05) is 0 Å². The molecule has 0 bridgehead atoms. The van der Waals surface area contributed by atoms with Gasteiger partial charge in [0.2, 0.25) is 0 Å². The van der Waals surface area contributed by atoms with Gasteiger partial charge in [-0.25, -0.2) is 0 Å². The second-order valence-corrected chi connectivity index (χ2v) is 3.25. The van der Waals surface area contributed by atoms with Crippen LogP contribution in [0.25, 0.3) is 0 Å². The Labute approximate surface area is 81.0 Å². The van der Waals surface area contributed by atoms with E-state index < -0.39 is 0 Å². The summed E-state index contributed by atoms with van der Waals surface area (Å²) >= 11 is 0.